The molecular weight excluding hydrogens is 283 g/mol. The van der Waals surface area contributed by atoms with Crippen LogP contribution in [0, 0.1) is 0 Å². The van der Waals surface area contributed by atoms with Gasteiger partial charge in [0.05, 0.1) is 13.2 Å². The number of hydrogen-bond donors (Lipinski definition) is 3. The fraction of sp³-hybridized carbons (Fsp3) is 0.615. The highest BCUT2D eigenvalue weighted by molar-refractivity contribution is 5.94. The second-order valence-corrected chi connectivity index (χ2v) is 4.88. The smallest absolute Gasteiger partial charge is 0.253 e. The molecule has 0 aliphatic carbocycles. The highest BCUT2D eigenvalue weighted by Gasteiger charge is 2.47. The topological polar surface area (TPSA) is 91.3 Å². The molecule has 1 saturated heterocycles. The highest BCUT2D eigenvalue weighted by Crippen LogP contribution is 2.30. The van der Waals surface area contributed by atoms with E-state index in [4.69, 9.17) is 9.47 Å². The first-order valence-corrected chi connectivity index (χ1v) is 6.58. The second kappa shape index (κ2) is 6.52. The number of amides is 1. The molecule has 4 atom stereocenters. The number of alkyl halides is 1. The van der Waals surface area contributed by atoms with Crippen molar-refractivity contribution in [2.45, 2.75) is 31.5 Å². The van der Waals surface area contributed by atoms with Gasteiger partial charge in [-0.25, -0.2) is 4.39 Å². The van der Waals surface area contributed by atoms with E-state index in [0.29, 0.717) is 5.57 Å². The van der Waals surface area contributed by atoms with E-state index < -0.39 is 37.8 Å². The molecular formula is C13H19FN2O5. The SMILES string of the molecule is C=C1NC(=O)C(C)=CN1[C@@H]1O[C@H](CO)C(O)[C@H]1OCCF. The maximum Gasteiger partial charge on any atom is 0.253 e. The number of ether oxygens (including phenoxy) is 2. The number of halogens is 1. The van der Waals surface area contributed by atoms with Gasteiger partial charge in [0.2, 0.25) is 0 Å². The second-order valence-electron chi connectivity index (χ2n) is 4.88. The summed E-state index contributed by atoms with van der Waals surface area (Å²) in [6.07, 6.45) is -2.12. The first-order chi connectivity index (χ1) is 9.99. The highest BCUT2D eigenvalue weighted by atomic mass is 19.1. The minimum Gasteiger partial charge on any atom is -0.394 e. The van der Waals surface area contributed by atoms with Crippen LogP contribution < -0.4 is 5.32 Å². The van der Waals surface area contributed by atoms with E-state index in [1.165, 1.54) is 11.1 Å². The molecule has 2 aliphatic heterocycles. The van der Waals surface area contributed by atoms with Crippen LogP contribution in [-0.4, -0.2) is 65.4 Å². The van der Waals surface area contributed by atoms with Crippen LogP contribution in [0.1, 0.15) is 6.92 Å². The molecule has 3 N–H and O–H groups in total. The van der Waals surface area contributed by atoms with Gasteiger partial charge in [0.25, 0.3) is 5.91 Å². The van der Waals surface area contributed by atoms with E-state index in [-0.39, 0.29) is 18.3 Å². The van der Waals surface area contributed by atoms with Gasteiger partial charge in [-0.3, -0.25) is 4.79 Å². The lowest BCUT2D eigenvalue weighted by Crippen LogP contribution is -2.48. The van der Waals surface area contributed by atoms with Crippen molar-refractivity contribution in [3.8, 4) is 0 Å². The van der Waals surface area contributed by atoms with Gasteiger partial charge in [-0.05, 0) is 6.92 Å². The number of nitrogens with one attached hydrogen (secondary N) is 1. The fourth-order valence-corrected chi connectivity index (χ4v) is 2.32. The number of hydrogen-bond acceptors (Lipinski definition) is 6. The molecule has 0 bridgehead atoms. The zero-order valence-corrected chi connectivity index (χ0v) is 11.7. The summed E-state index contributed by atoms with van der Waals surface area (Å²) in [7, 11) is 0. The molecule has 0 aromatic carbocycles. The van der Waals surface area contributed by atoms with Gasteiger partial charge in [0, 0.05) is 11.8 Å². The Morgan fingerprint density at radius 1 is 1.62 bits per heavy atom. The van der Waals surface area contributed by atoms with Crippen LogP contribution in [0.4, 0.5) is 4.39 Å². The molecule has 0 radical (unpaired) electrons. The maximum absolute atomic E-state index is 12.3. The number of nitrogens with zero attached hydrogens (tertiary/aromatic N) is 1. The van der Waals surface area contributed by atoms with E-state index >= 15 is 0 Å². The van der Waals surface area contributed by atoms with Gasteiger partial charge >= 0.3 is 0 Å². The third-order valence-corrected chi connectivity index (χ3v) is 3.41. The number of carbonyl (C=O) groups is 1. The normalized spacial score (nSPS) is 33.1. The molecule has 0 spiro atoms. The largest absolute Gasteiger partial charge is 0.394 e. The summed E-state index contributed by atoms with van der Waals surface area (Å²) in [5, 5.41) is 21.8. The van der Waals surface area contributed by atoms with Crippen LogP contribution >= 0.6 is 0 Å². The van der Waals surface area contributed by atoms with Crippen molar-refractivity contribution in [1.82, 2.24) is 10.2 Å². The summed E-state index contributed by atoms with van der Waals surface area (Å²) in [6, 6.07) is 0. The summed E-state index contributed by atoms with van der Waals surface area (Å²) in [5.74, 6) is -0.0232. The minimum absolute atomic E-state index is 0.199. The average Bonchev–Trinajstić information content (AvgIpc) is 2.77. The Hall–Kier alpha value is -1.48. The van der Waals surface area contributed by atoms with Gasteiger partial charge in [0.1, 0.15) is 30.8 Å². The summed E-state index contributed by atoms with van der Waals surface area (Å²) in [6.45, 7) is 4.02. The summed E-state index contributed by atoms with van der Waals surface area (Å²) in [4.78, 5) is 13.0. The third kappa shape index (κ3) is 3.08. The lowest BCUT2D eigenvalue weighted by Gasteiger charge is -2.35. The number of rotatable bonds is 5. The van der Waals surface area contributed by atoms with E-state index in [0.717, 1.165) is 0 Å². The molecule has 0 aromatic rings. The van der Waals surface area contributed by atoms with Crippen molar-refractivity contribution in [2.75, 3.05) is 19.9 Å². The Labute approximate surface area is 121 Å². The zero-order chi connectivity index (χ0) is 15.6. The van der Waals surface area contributed by atoms with Crippen LogP contribution in [0.15, 0.2) is 24.2 Å². The lowest BCUT2D eigenvalue weighted by molar-refractivity contribution is -0.120. The summed E-state index contributed by atoms with van der Waals surface area (Å²) >= 11 is 0. The monoisotopic (exact) mass is 302 g/mol. The summed E-state index contributed by atoms with van der Waals surface area (Å²) < 4.78 is 23.1. The molecule has 0 saturated carbocycles. The van der Waals surface area contributed by atoms with Crippen molar-refractivity contribution >= 4 is 5.91 Å². The molecule has 2 heterocycles. The van der Waals surface area contributed by atoms with Crippen molar-refractivity contribution in [3.05, 3.63) is 24.2 Å². The molecule has 118 valence electrons. The van der Waals surface area contributed by atoms with Crippen LogP contribution in [-0.2, 0) is 14.3 Å². The number of aliphatic hydroxyl groups excluding tert-OH is 2. The molecule has 21 heavy (non-hydrogen) atoms. The average molecular weight is 302 g/mol. The third-order valence-electron chi connectivity index (χ3n) is 3.41. The van der Waals surface area contributed by atoms with Crippen LogP contribution in [0.3, 0.4) is 0 Å². The molecule has 2 rings (SSSR count). The van der Waals surface area contributed by atoms with E-state index in [2.05, 4.69) is 11.9 Å². The Balaban J connectivity index is 2.22. The summed E-state index contributed by atoms with van der Waals surface area (Å²) in [5.41, 5.74) is 0.428. The Morgan fingerprint density at radius 3 is 2.95 bits per heavy atom. The van der Waals surface area contributed by atoms with Crippen LogP contribution in [0.5, 0.6) is 0 Å². The lowest BCUT2D eigenvalue weighted by atomic mass is 10.1. The van der Waals surface area contributed by atoms with Crippen molar-refractivity contribution in [1.29, 1.82) is 0 Å². The Kier molecular flexibility index (Phi) is 4.94. The molecule has 1 unspecified atom stereocenters. The van der Waals surface area contributed by atoms with Crippen molar-refractivity contribution in [2.24, 2.45) is 0 Å². The van der Waals surface area contributed by atoms with Gasteiger partial charge in [-0.15, -0.1) is 0 Å². The molecule has 2 aliphatic rings. The standard InChI is InChI=1S/C13H19FN2O5/c1-7-5-16(8(2)15-12(7)19)13-11(20-4-3-14)10(18)9(6-17)21-13/h5,9-11,13,17-18H,2-4,6H2,1H3,(H,15,19)/t9-,10?,11-,13-/m1/s1. The van der Waals surface area contributed by atoms with Crippen LogP contribution in [0.25, 0.3) is 0 Å². The first kappa shape index (κ1) is 15.9. The van der Waals surface area contributed by atoms with Gasteiger partial charge in [0.15, 0.2) is 6.23 Å². The predicted molar refractivity (Wildman–Crippen MR) is 70.3 cm³/mol. The van der Waals surface area contributed by atoms with Gasteiger partial charge < -0.3 is 29.9 Å². The van der Waals surface area contributed by atoms with E-state index in [1.54, 1.807) is 6.92 Å². The first-order valence-electron chi connectivity index (χ1n) is 6.58. The molecule has 0 aromatic heterocycles. The van der Waals surface area contributed by atoms with Gasteiger partial charge in [-0.2, -0.15) is 0 Å². The maximum atomic E-state index is 12.3. The molecule has 8 heteroatoms. The Morgan fingerprint density at radius 2 is 2.33 bits per heavy atom. The van der Waals surface area contributed by atoms with Gasteiger partial charge in [-0.1, -0.05) is 6.58 Å². The van der Waals surface area contributed by atoms with E-state index in [1.807, 2.05) is 0 Å². The quantitative estimate of drug-likeness (QED) is 0.617. The zero-order valence-electron chi connectivity index (χ0n) is 11.7. The predicted octanol–water partition coefficient (Wildman–Crippen LogP) is -0.774. The number of carbonyl (C=O) groups excluding carboxylic acids is 1. The Bertz CT molecular complexity index is 456. The molecule has 7 nitrogen and oxygen atoms in total. The molecule has 1 amide bonds. The van der Waals surface area contributed by atoms with Crippen LogP contribution in [0.2, 0.25) is 0 Å². The van der Waals surface area contributed by atoms with E-state index in [9.17, 15) is 19.4 Å². The number of aliphatic hydroxyl groups is 2. The minimum atomic E-state index is -1.11. The fourth-order valence-electron chi connectivity index (χ4n) is 2.32. The van der Waals surface area contributed by atoms with Crippen molar-refractivity contribution in [3.63, 3.8) is 0 Å². The van der Waals surface area contributed by atoms with Crippen molar-refractivity contribution < 1.29 is 28.9 Å². The molecule has 1 fully saturated rings.